The van der Waals surface area contributed by atoms with Gasteiger partial charge in [-0.25, -0.2) is 0 Å². The Hall–Kier alpha value is -1.31. The Kier molecular flexibility index (Phi) is 6.00. The Morgan fingerprint density at radius 3 is 2.38 bits per heavy atom. The van der Waals surface area contributed by atoms with E-state index in [0.29, 0.717) is 0 Å². The first-order valence-electron chi connectivity index (χ1n) is 6.95. The molecule has 1 saturated heterocycles. The number of carbonyl (C=O) groups excluding carboxylic acids is 2. The standard InChI is InChI=1S/C13H22F3N3O2/c1-8(2)18-11(20)7-19(3)12(21)10-5-4-9(6-17-10)13(14,15)16/h8-10,17H,4-7H2,1-3H3,(H,18,20). The van der Waals surface area contributed by atoms with E-state index in [1.165, 1.54) is 11.9 Å². The second kappa shape index (κ2) is 7.11. The van der Waals surface area contributed by atoms with E-state index in [2.05, 4.69) is 10.6 Å². The van der Waals surface area contributed by atoms with Crippen molar-refractivity contribution in [2.45, 2.75) is 44.9 Å². The SMILES string of the molecule is CC(C)NC(=O)CN(C)C(=O)C1CCC(C(F)(F)F)CN1. The van der Waals surface area contributed by atoms with Crippen LogP contribution in [0.3, 0.4) is 0 Å². The maximum atomic E-state index is 12.5. The third-order valence-electron chi connectivity index (χ3n) is 3.38. The average Bonchev–Trinajstić information content (AvgIpc) is 2.35. The molecule has 1 fully saturated rings. The van der Waals surface area contributed by atoms with Gasteiger partial charge >= 0.3 is 6.18 Å². The zero-order chi connectivity index (χ0) is 16.2. The highest BCUT2D eigenvalue weighted by atomic mass is 19.4. The zero-order valence-corrected chi connectivity index (χ0v) is 12.5. The second-order valence-corrected chi connectivity index (χ2v) is 5.69. The number of rotatable bonds is 4. The predicted molar refractivity (Wildman–Crippen MR) is 71.5 cm³/mol. The molecule has 0 aromatic heterocycles. The van der Waals surface area contributed by atoms with Crippen molar-refractivity contribution in [2.24, 2.45) is 5.92 Å². The summed E-state index contributed by atoms with van der Waals surface area (Å²) in [6.07, 6.45) is -4.18. The molecule has 0 saturated carbocycles. The quantitative estimate of drug-likeness (QED) is 0.811. The number of halogens is 3. The maximum absolute atomic E-state index is 12.5. The highest BCUT2D eigenvalue weighted by Crippen LogP contribution is 2.32. The van der Waals surface area contributed by atoms with Crippen molar-refractivity contribution in [1.29, 1.82) is 0 Å². The van der Waals surface area contributed by atoms with E-state index < -0.39 is 18.1 Å². The van der Waals surface area contributed by atoms with Gasteiger partial charge in [-0.05, 0) is 26.7 Å². The predicted octanol–water partition coefficient (Wildman–Crippen LogP) is 0.900. The molecule has 2 N–H and O–H groups in total. The van der Waals surface area contributed by atoms with Crippen LogP contribution in [0.4, 0.5) is 13.2 Å². The van der Waals surface area contributed by atoms with Crippen LogP contribution < -0.4 is 10.6 Å². The summed E-state index contributed by atoms with van der Waals surface area (Å²) in [5, 5.41) is 5.28. The molecule has 2 unspecified atom stereocenters. The number of amides is 2. The number of likely N-dealkylation sites (N-methyl/N-ethyl adjacent to an activating group) is 1. The fourth-order valence-electron chi connectivity index (χ4n) is 2.27. The second-order valence-electron chi connectivity index (χ2n) is 5.69. The Bertz CT molecular complexity index is 377. The van der Waals surface area contributed by atoms with Gasteiger partial charge in [0.1, 0.15) is 0 Å². The molecule has 1 aliphatic rings. The van der Waals surface area contributed by atoms with Crippen molar-refractivity contribution in [3.63, 3.8) is 0 Å². The third-order valence-corrected chi connectivity index (χ3v) is 3.38. The summed E-state index contributed by atoms with van der Waals surface area (Å²) in [6, 6.07) is -0.679. The lowest BCUT2D eigenvalue weighted by Crippen LogP contribution is -2.53. The molecule has 21 heavy (non-hydrogen) atoms. The van der Waals surface area contributed by atoms with E-state index in [1.807, 2.05) is 0 Å². The minimum absolute atomic E-state index is 0.0265. The van der Waals surface area contributed by atoms with Gasteiger partial charge in [-0.2, -0.15) is 13.2 Å². The summed E-state index contributed by atoms with van der Waals surface area (Å²) in [4.78, 5) is 24.9. The fourth-order valence-corrected chi connectivity index (χ4v) is 2.27. The van der Waals surface area contributed by atoms with Gasteiger partial charge in [0.25, 0.3) is 0 Å². The minimum atomic E-state index is -4.23. The fraction of sp³-hybridized carbons (Fsp3) is 0.846. The van der Waals surface area contributed by atoms with Gasteiger partial charge in [-0.3, -0.25) is 9.59 Å². The molecule has 1 rings (SSSR count). The van der Waals surface area contributed by atoms with E-state index in [0.717, 1.165) is 0 Å². The molecular formula is C13H22F3N3O2. The van der Waals surface area contributed by atoms with Crippen LogP contribution in [0.2, 0.25) is 0 Å². The van der Waals surface area contributed by atoms with Crippen molar-refractivity contribution in [3.05, 3.63) is 0 Å². The van der Waals surface area contributed by atoms with Gasteiger partial charge < -0.3 is 15.5 Å². The van der Waals surface area contributed by atoms with Crippen molar-refractivity contribution in [1.82, 2.24) is 15.5 Å². The van der Waals surface area contributed by atoms with Gasteiger partial charge in [0, 0.05) is 19.6 Å². The van der Waals surface area contributed by atoms with E-state index >= 15 is 0 Å². The first kappa shape index (κ1) is 17.7. The maximum Gasteiger partial charge on any atom is 0.393 e. The molecule has 1 heterocycles. The lowest BCUT2D eigenvalue weighted by Gasteiger charge is -2.32. The molecule has 0 spiro atoms. The molecule has 0 radical (unpaired) electrons. The first-order valence-corrected chi connectivity index (χ1v) is 6.95. The Morgan fingerprint density at radius 1 is 1.33 bits per heavy atom. The average molecular weight is 309 g/mol. The topological polar surface area (TPSA) is 61.4 Å². The Balaban J connectivity index is 2.44. The van der Waals surface area contributed by atoms with E-state index in [4.69, 9.17) is 0 Å². The molecule has 0 aromatic carbocycles. The molecule has 122 valence electrons. The number of alkyl halides is 3. The zero-order valence-electron chi connectivity index (χ0n) is 12.5. The lowest BCUT2D eigenvalue weighted by atomic mass is 9.93. The van der Waals surface area contributed by atoms with Crippen LogP contribution in [0.1, 0.15) is 26.7 Å². The van der Waals surface area contributed by atoms with Crippen LogP contribution in [-0.4, -0.2) is 55.1 Å². The molecule has 0 bridgehead atoms. The van der Waals surface area contributed by atoms with Crippen LogP contribution in [0.15, 0.2) is 0 Å². The summed E-state index contributed by atoms with van der Waals surface area (Å²) in [5.41, 5.74) is 0. The number of hydrogen-bond acceptors (Lipinski definition) is 3. The van der Waals surface area contributed by atoms with Crippen LogP contribution in [-0.2, 0) is 9.59 Å². The molecule has 5 nitrogen and oxygen atoms in total. The van der Waals surface area contributed by atoms with Gasteiger partial charge in [0.2, 0.25) is 11.8 Å². The number of piperidine rings is 1. The van der Waals surface area contributed by atoms with Crippen molar-refractivity contribution < 1.29 is 22.8 Å². The number of nitrogens with one attached hydrogen (secondary N) is 2. The van der Waals surface area contributed by atoms with E-state index in [1.54, 1.807) is 13.8 Å². The normalized spacial score (nSPS) is 23.0. The van der Waals surface area contributed by atoms with Gasteiger partial charge in [0.05, 0.1) is 18.5 Å². The first-order chi connectivity index (χ1) is 9.61. The highest BCUT2D eigenvalue weighted by molar-refractivity contribution is 5.87. The summed E-state index contributed by atoms with van der Waals surface area (Å²) < 4.78 is 37.6. The molecule has 2 amide bonds. The van der Waals surface area contributed by atoms with Crippen LogP contribution in [0, 0.1) is 5.92 Å². The van der Waals surface area contributed by atoms with E-state index in [-0.39, 0.29) is 43.8 Å². The van der Waals surface area contributed by atoms with Crippen LogP contribution >= 0.6 is 0 Å². The van der Waals surface area contributed by atoms with Crippen LogP contribution in [0.25, 0.3) is 0 Å². The van der Waals surface area contributed by atoms with Crippen molar-refractivity contribution >= 4 is 11.8 Å². The Morgan fingerprint density at radius 2 is 1.95 bits per heavy atom. The monoisotopic (exact) mass is 309 g/mol. The molecule has 0 aliphatic carbocycles. The summed E-state index contributed by atoms with van der Waals surface area (Å²) in [5.74, 6) is -2.05. The van der Waals surface area contributed by atoms with Crippen LogP contribution in [0.5, 0.6) is 0 Å². The summed E-state index contributed by atoms with van der Waals surface area (Å²) >= 11 is 0. The van der Waals surface area contributed by atoms with E-state index in [9.17, 15) is 22.8 Å². The molecule has 2 atom stereocenters. The Labute approximate surface area is 122 Å². The largest absolute Gasteiger partial charge is 0.393 e. The number of nitrogens with zero attached hydrogens (tertiary/aromatic N) is 1. The minimum Gasteiger partial charge on any atom is -0.352 e. The third kappa shape index (κ3) is 5.53. The smallest absolute Gasteiger partial charge is 0.352 e. The molecule has 0 aromatic rings. The van der Waals surface area contributed by atoms with Gasteiger partial charge in [0.15, 0.2) is 0 Å². The molecular weight excluding hydrogens is 287 g/mol. The molecule has 8 heteroatoms. The highest BCUT2D eigenvalue weighted by Gasteiger charge is 2.42. The van der Waals surface area contributed by atoms with Gasteiger partial charge in [-0.1, -0.05) is 0 Å². The number of hydrogen-bond donors (Lipinski definition) is 2. The van der Waals surface area contributed by atoms with Crippen molar-refractivity contribution in [2.75, 3.05) is 20.1 Å². The molecule has 1 aliphatic heterocycles. The summed E-state index contributed by atoms with van der Waals surface area (Å²) in [7, 11) is 1.47. The number of carbonyl (C=O) groups is 2. The van der Waals surface area contributed by atoms with Gasteiger partial charge in [-0.15, -0.1) is 0 Å². The van der Waals surface area contributed by atoms with Crippen molar-refractivity contribution in [3.8, 4) is 0 Å². The lowest BCUT2D eigenvalue weighted by molar-refractivity contribution is -0.180. The summed E-state index contributed by atoms with van der Waals surface area (Å²) in [6.45, 7) is 3.25.